The van der Waals surface area contributed by atoms with Gasteiger partial charge in [-0.05, 0) is 98.4 Å². The largest absolute Gasteiger partial charge is 0.316 e. The Hall–Kier alpha value is -1.12. The van der Waals surface area contributed by atoms with Crippen LogP contribution in [0.25, 0.3) is 5.57 Å². The molecule has 384 valence electrons. The van der Waals surface area contributed by atoms with Crippen LogP contribution in [0.1, 0.15) is 310 Å². The summed E-state index contributed by atoms with van der Waals surface area (Å²) in [5.41, 5.74) is 8.07. The molecule has 4 atom stereocenters. The zero-order valence-corrected chi connectivity index (χ0v) is 47.6. The van der Waals surface area contributed by atoms with Gasteiger partial charge in [0.25, 0.3) is 0 Å². The molecule has 1 aromatic rings. The van der Waals surface area contributed by atoms with Gasteiger partial charge in [-0.3, -0.25) is 0 Å². The summed E-state index contributed by atoms with van der Waals surface area (Å²) in [5.74, 6) is 2.20. The minimum atomic E-state index is -1.83. The molecule has 1 aromatic carbocycles. The Kier molecular flexibility index (Phi) is 26.0. The third-order valence-corrected chi connectivity index (χ3v) is 23.3. The molecule has 67 heavy (non-hydrogen) atoms. The van der Waals surface area contributed by atoms with Crippen LogP contribution in [-0.4, -0.2) is 24.4 Å². The Labute approximate surface area is 421 Å². The minimum absolute atomic E-state index is 0.203. The van der Waals surface area contributed by atoms with Gasteiger partial charge in [-0.15, -0.1) is 0 Å². The van der Waals surface area contributed by atoms with Gasteiger partial charge >= 0.3 is 0 Å². The summed E-state index contributed by atoms with van der Waals surface area (Å²) in [6.07, 6.45) is 63.5. The smallest absolute Gasteiger partial charge is 0.127 e. The van der Waals surface area contributed by atoms with E-state index in [1.165, 1.54) is 257 Å². The predicted octanol–water partition coefficient (Wildman–Crippen LogP) is 21.8. The molecule has 2 saturated carbocycles. The fourth-order valence-electron chi connectivity index (χ4n) is 15.5. The highest BCUT2D eigenvalue weighted by molar-refractivity contribution is 6.76. The van der Waals surface area contributed by atoms with Gasteiger partial charge in [-0.1, -0.05) is 295 Å². The molecule has 1 nitrogen and oxygen atoms in total. The molecule has 0 heterocycles. The Morgan fingerprint density at radius 3 is 1.36 bits per heavy atom. The van der Waals surface area contributed by atoms with E-state index in [0.717, 1.165) is 17.5 Å². The van der Waals surface area contributed by atoms with Crippen LogP contribution in [0.2, 0.25) is 18.6 Å². The second-order valence-corrected chi connectivity index (χ2v) is 29.8. The standard InChI is InChI=1S/C65H115NSi/c1-9-11-13-15-17-19-21-23-25-27-29-31-33-35-37-44-50-65(51-45-38-36-34-32-30-28-26-24-22-20-18-16-14-12-10-2)61-49-43-42-48-58(61)60-53-56-52-55(3)63(59(56)54-62(60)65)67(7,8)66(64(4,5)6)57-46-40-39-41-47-57/h42-43,48-49,53-57,59,63H,9-41,44-47,50-52H2,1-8H3. The molecule has 4 aliphatic rings. The molecule has 0 spiro atoms. The lowest BCUT2D eigenvalue weighted by Crippen LogP contribution is -2.65. The van der Waals surface area contributed by atoms with E-state index >= 15 is 0 Å². The van der Waals surface area contributed by atoms with E-state index in [1.807, 2.05) is 0 Å². The maximum absolute atomic E-state index is 3.21. The molecular weight excluding hydrogens is 823 g/mol. The Balaban J connectivity index is 1.21. The molecule has 0 amide bonds. The highest BCUT2D eigenvalue weighted by Crippen LogP contribution is 2.63. The van der Waals surface area contributed by atoms with Crippen molar-refractivity contribution in [2.45, 2.75) is 334 Å². The summed E-state index contributed by atoms with van der Waals surface area (Å²) in [7, 11) is -1.83. The Morgan fingerprint density at radius 1 is 0.537 bits per heavy atom. The molecule has 0 radical (unpaired) electrons. The number of hydrogen-bond donors (Lipinski definition) is 0. The average molecular weight is 939 g/mol. The minimum Gasteiger partial charge on any atom is -0.316 e. The van der Waals surface area contributed by atoms with Crippen molar-refractivity contribution in [1.29, 1.82) is 0 Å². The van der Waals surface area contributed by atoms with Crippen LogP contribution in [-0.2, 0) is 5.41 Å². The summed E-state index contributed by atoms with van der Waals surface area (Å²) in [5, 5.41) is 0. The number of rotatable bonds is 37. The van der Waals surface area contributed by atoms with Gasteiger partial charge in [-0.25, -0.2) is 0 Å². The SMILES string of the molecule is CCCCCCCCCCCCCCCCCCC1(CCCCCCCCCCCCCCCCCC)C2=CC3C(C=C2c2ccccc21)CC(C)C3[Si](C)(C)N(C1CCCCC1)C(C)(C)C. The second kappa shape index (κ2) is 30.7. The maximum Gasteiger partial charge on any atom is 0.127 e. The highest BCUT2D eigenvalue weighted by Gasteiger charge is 2.56. The first-order chi connectivity index (χ1) is 32.6. The first-order valence-corrected chi connectivity index (χ1v) is 33.9. The van der Waals surface area contributed by atoms with Crippen molar-refractivity contribution in [2.24, 2.45) is 17.8 Å². The van der Waals surface area contributed by atoms with Gasteiger partial charge in [0.15, 0.2) is 0 Å². The first-order valence-electron chi connectivity index (χ1n) is 30.9. The van der Waals surface area contributed by atoms with Crippen LogP contribution in [0.15, 0.2) is 42.0 Å². The molecule has 0 aromatic heterocycles. The zero-order valence-electron chi connectivity index (χ0n) is 46.6. The van der Waals surface area contributed by atoms with E-state index in [-0.39, 0.29) is 11.0 Å². The quantitative estimate of drug-likeness (QED) is 0.0475. The van der Waals surface area contributed by atoms with Gasteiger partial charge in [-0.2, -0.15) is 0 Å². The second-order valence-electron chi connectivity index (χ2n) is 25.4. The topological polar surface area (TPSA) is 3.24 Å². The maximum atomic E-state index is 3.21. The Morgan fingerprint density at radius 2 is 0.940 bits per heavy atom. The van der Waals surface area contributed by atoms with Crippen molar-refractivity contribution in [1.82, 2.24) is 4.57 Å². The van der Waals surface area contributed by atoms with Crippen molar-refractivity contribution in [3.63, 3.8) is 0 Å². The third-order valence-electron chi connectivity index (χ3n) is 18.5. The van der Waals surface area contributed by atoms with Crippen molar-refractivity contribution in [2.75, 3.05) is 0 Å². The average Bonchev–Trinajstić information content (AvgIpc) is 3.78. The van der Waals surface area contributed by atoms with Crippen LogP contribution >= 0.6 is 0 Å². The van der Waals surface area contributed by atoms with E-state index in [2.05, 4.69) is 95.6 Å². The summed E-state index contributed by atoms with van der Waals surface area (Å²) >= 11 is 0. The number of unbranched alkanes of at least 4 members (excludes halogenated alkanes) is 30. The fourth-order valence-corrected chi connectivity index (χ4v) is 21.5. The number of benzene rings is 1. The highest BCUT2D eigenvalue weighted by atomic mass is 28.3. The molecule has 5 rings (SSSR count). The molecular formula is C65H115NSi. The van der Waals surface area contributed by atoms with E-state index in [1.54, 1.807) is 22.3 Å². The molecule has 0 N–H and O–H groups in total. The molecule has 4 aliphatic carbocycles. The fraction of sp³-hybridized carbons (Fsp3) is 0.846. The first kappa shape index (κ1) is 56.8. The van der Waals surface area contributed by atoms with Crippen LogP contribution in [0.4, 0.5) is 0 Å². The van der Waals surface area contributed by atoms with Crippen LogP contribution < -0.4 is 0 Å². The summed E-state index contributed by atoms with van der Waals surface area (Å²) in [4.78, 5) is 0. The molecule has 4 unspecified atom stereocenters. The van der Waals surface area contributed by atoms with Gasteiger partial charge in [0.1, 0.15) is 8.24 Å². The summed E-state index contributed by atoms with van der Waals surface area (Å²) < 4.78 is 3.21. The van der Waals surface area contributed by atoms with E-state index in [4.69, 9.17) is 0 Å². The zero-order chi connectivity index (χ0) is 47.8. The number of allylic oxidation sites excluding steroid dienone is 4. The summed E-state index contributed by atoms with van der Waals surface area (Å²) in [6.45, 7) is 20.7. The van der Waals surface area contributed by atoms with Crippen molar-refractivity contribution in [3.05, 3.63) is 53.1 Å². The molecule has 0 bridgehead atoms. The van der Waals surface area contributed by atoms with Gasteiger partial charge in [0, 0.05) is 17.0 Å². The lowest BCUT2D eigenvalue weighted by atomic mass is 9.68. The van der Waals surface area contributed by atoms with Gasteiger partial charge < -0.3 is 4.57 Å². The van der Waals surface area contributed by atoms with Gasteiger partial charge in [0.2, 0.25) is 0 Å². The third kappa shape index (κ3) is 17.3. The van der Waals surface area contributed by atoms with E-state index in [0.29, 0.717) is 11.8 Å². The molecule has 2 fully saturated rings. The normalized spacial score (nSPS) is 21.7. The van der Waals surface area contributed by atoms with Crippen molar-refractivity contribution in [3.8, 4) is 0 Å². The molecule has 0 saturated heterocycles. The van der Waals surface area contributed by atoms with Crippen LogP contribution in [0, 0.1) is 17.8 Å². The summed E-state index contributed by atoms with van der Waals surface area (Å²) in [6, 6.07) is 10.7. The van der Waals surface area contributed by atoms with Crippen molar-refractivity contribution < 1.29 is 0 Å². The number of nitrogens with zero attached hydrogens (tertiary/aromatic N) is 1. The molecule has 2 heteroatoms. The lowest BCUT2D eigenvalue weighted by Gasteiger charge is -2.56. The van der Waals surface area contributed by atoms with Crippen molar-refractivity contribution >= 4 is 13.8 Å². The number of hydrogen-bond acceptors (Lipinski definition) is 1. The lowest BCUT2D eigenvalue weighted by molar-refractivity contribution is 0.139. The predicted molar refractivity (Wildman–Crippen MR) is 303 cm³/mol. The van der Waals surface area contributed by atoms with Gasteiger partial charge in [0.05, 0.1) is 0 Å². The van der Waals surface area contributed by atoms with Crippen LogP contribution in [0.3, 0.4) is 0 Å². The van der Waals surface area contributed by atoms with E-state index < -0.39 is 8.24 Å². The molecule has 0 aliphatic heterocycles. The number of fused-ring (bicyclic) bond motifs is 4. The Bertz CT molecular complexity index is 1480. The van der Waals surface area contributed by atoms with Crippen LogP contribution in [0.5, 0.6) is 0 Å². The monoisotopic (exact) mass is 938 g/mol. The van der Waals surface area contributed by atoms with E-state index in [9.17, 15) is 0 Å².